The maximum Gasteiger partial charge on any atom is 0.328 e. The number of rotatable bonds is 5. The van der Waals surface area contributed by atoms with Crippen LogP contribution in [-0.2, 0) is 16.6 Å². The number of amides is 1. The third-order valence-electron chi connectivity index (χ3n) is 4.82. The number of aromatic amines is 1. The van der Waals surface area contributed by atoms with Crippen molar-refractivity contribution >= 4 is 26.8 Å². The van der Waals surface area contributed by atoms with Crippen LogP contribution in [0.3, 0.4) is 0 Å². The Hall–Kier alpha value is -2.46. The number of likely N-dealkylation sites (tertiary alicyclic amines) is 1. The first-order valence-corrected chi connectivity index (χ1v) is 10.8. The molecule has 1 aromatic heterocycles. The molecule has 152 valence electrons. The normalized spacial score (nSPS) is 17.6. The summed E-state index contributed by atoms with van der Waals surface area (Å²) in [6.45, 7) is 5.88. The number of carbonyl (C=O) groups is 1. The lowest BCUT2D eigenvalue weighted by atomic mass is 10.1. The van der Waals surface area contributed by atoms with E-state index in [4.69, 9.17) is 0 Å². The molecule has 0 saturated carbocycles. The van der Waals surface area contributed by atoms with Crippen LogP contribution in [-0.4, -0.2) is 53.2 Å². The number of hydrogen-bond donors (Lipinski definition) is 2. The lowest BCUT2D eigenvalue weighted by Crippen LogP contribution is -2.40. The Morgan fingerprint density at radius 3 is 2.68 bits per heavy atom. The number of aromatic nitrogens is 2. The minimum absolute atomic E-state index is 0.104. The Bertz CT molecular complexity index is 1130. The summed E-state index contributed by atoms with van der Waals surface area (Å²) in [6, 6.07) is 4.30. The smallest absolute Gasteiger partial charge is 0.328 e. The molecule has 2 heterocycles. The Balaban J connectivity index is 1.87. The van der Waals surface area contributed by atoms with E-state index in [9.17, 15) is 22.8 Å². The number of fused-ring (bicyclic) bond motifs is 1. The largest absolute Gasteiger partial charge is 0.337 e. The lowest BCUT2D eigenvalue weighted by Gasteiger charge is -2.18. The molecule has 2 N–H and O–H groups in total. The highest BCUT2D eigenvalue weighted by molar-refractivity contribution is 7.90. The Morgan fingerprint density at radius 1 is 1.32 bits per heavy atom. The minimum atomic E-state index is -3.50. The van der Waals surface area contributed by atoms with Gasteiger partial charge < -0.3 is 9.88 Å². The Kier molecular flexibility index (Phi) is 5.44. The van der Waals surface area contributed by atoms with E-state index in [2.05, 4.69) is 9.71 Å². The molecule has 1 amide bonds. The van der Waals surface area contributed by atoms with Crippen LogP contribution in [0.4, 0.5) is 0 Å². The number of H-pyrrole nitrogens is 1. The summed E-state index contributed by atoms with van der Waals surface area (Å²) in [4.78, 5) is 41.3. The van der Waals surface area contributed by atoms with Gasteiger partial charge in [-0.1, -0.05) is 0 Å². The van der Waals surface area contributed by atoms with Crippen LogP contribution in [0.25, 0.3) is 10.9 Å². The topological polar surface area (TPSA) is 121 Å². The van der Waals surface area contributed by atoms with Gasteiger partial charge in [-0.2, -0.15) is 0 Å². The molecular weight excluding hydrogens is 384 g/mol. The van der Waals surface area contributed by atoms with Crippen LogP contribution in [0.2, 0.25) is 0 Å². The van der Waals surface area contributed by atoms with E-state index in [0.29, 0.717) is 23.9 Å². The Labute approximate surface area is 162 Å². The number of benzene rings is 1. The highest BCUT2D eigenvalue weighted by Crippen LogP contribution is 2.20. The SMILES string of the molecule is CCn1c(=O)[nH]c2cc(C(=O)N3CCC(S(=O)(=O)NC(C)C)C3)ccc2c1=O. The average Bonchev–Trinajstić information content (AvgIpc) is 3.11. The molecule has 1 aliphatic rings. The van der Waals surface area contributed by atoms with E-state index >= 15 is 0 Å². The van der Waals surface area contributed by atoms with Crippen molar-refractivity contribution in [2.75, 3.05) is 13.1 Å². The summed E-state index contributed by atoms with van der Waals surface area (Å²) in [5.74, 6) is -0.329. The summed E-state index contributed by atoms with van der Waals surface area (Å²) >= 11 is 0. The maximum atomic E-state index is 12.8. The van der Waals surface area contributed by atoms with Crippen molar-refractivity contribution in [3.05, 3.63) is 44.6 Å². The van der Waals surface area contributed by atoms with Crippen LogP contribution >= 0.6 is 0 Å². The average molecular weight is 408 g/mol. The van der Waals surface area contributed by atoms with Crippen molar-refractivity contribution in [3.8, 4) is 0 Å². The van der Waals surface area contributed by atoms with E-state index in [1.165, 1.54) is 23.1 Å². The fourth-order valence-electron chi connectivity index (χ4n) is 3.45. The molecule has 1 aromatic carbocycles. The molecule has 1 aliphatic heterocycles. The van der Waals surface area contributed by atoms with Gasteiger partial charge in [0.25, 0.3) is 11.5 Å². The number of carbonyl (C=O) groups excluding carboxylic acids is 1. The molecule has 1 fully saturated rings. The van der Waals surface area contributed by atoms with Crippen LogP contribution in [0, 0.1) is 0 Å². The minimum Gasteiger partial charge on any atom is -0.337 e. The van der Waals surface area contributed by atoms with Gasteiger partial charge in [-0.15, -0.1) is 0 Å². The molecule has 1 atom stereocenters. The van der Waals surface area contributed by atoms with E-state index in [1.54, 1.807) is 20.8 Å². The van der Waals surface area contributed by atoms with Gasteiger partial charge in [0.2, 0.25) is 10.0 Å². The van der Waals surface area contributed by atoms with Gasteiger partial charge in [0.15, 0.2) is 0 Å². The molecule has 0 bridgehead atoms. The van der Waals surface area contributed by atoms with Crippen molar-refractivity contribution in [3.63, 3.8) is 0 Å². The quantitative estimate of drug-likeness (QED) is 0.735. The number of hydrogen-bond acceptors (Lipinski definition) is 5. The molecule has 9 nitrogen and oxygen atoms in total. The standard InChI is InChI=1S/C18H24N4O5S/c1-4-22-17(24)14-6-5-12(9-15(14)19-18(22)25)16(23)21-8-7-13(10-21)28(26,27)20-11(2)3/h5-6,9,11,13,20H,4,7-8,10H2,1-3H3,(H,19,25). The van der Waals surface area contributed by atoms with Crippen LogP contribution in [0.1, 0.15) is 37.6 Å². The summed E-state index contributed by atoms with van der Waals surface area (Å²) in [7, 11) is -3.50. The molecule has 0 radical (unpaired) electrons. The van der Waals surface area contributed by atoms with Gasteiger partial charge in [0.1, 0.15) is 0 Å². The van der Waals surface area contributed by atoms with Crippen molar-refractivity contribution in [1.29, 1.82) is 0 Å². The van der Waals surface area contributed by atoms with E-state index in [0.717, 1.165) is 4.57 Å². The van der Waals surface area contributed by atoms with Crippen molar-refractivity contribution in [2.45, 2.75) is 45.0 Å². The zero-order valence-electron chi connectivity index (χ0n) is 16.1. The second-order valence-corrected chi connectivity index (χ2v) is 9.21. The zero-order chi connectivity index (χ0) is 20.6. The number of sulfonamides is 1. The Morgan fingerprint density at radius 2 is 2.04 bits per heavy atom. The van der Waals surface area contributed by atoms with Crippen LogP contribution < -0.4 is 16.0 Å². The van der Waals surface area contributed by atoms with E-state index in [-0.39, 0.29) is 30.6 Å². The highest BCUT2D eigenvalue weighted by atomic mass is 32.2. The molecular formula is C18H24N4O5S. The second-order valence-electron chi connectivity index (χ2n) is 7.22. The summed E-state index contributed by atoms with van der Waals surface area (Å²) in [5, 5.41) is -0.336. The maximum absolute atomic E-state index is 12.8. The third kappa shape index (κ3) is 3.74. The molecule has 1 saturated heterocycles. The van der Waals surface area contributed by atoms with Crippen molar-refractivity contribution < 1.29 is 13.2 Å². The molecule has 10 heteroatoms. The monoisotopic (exact) mass is 408 g/mol. The molecule has 0 spiro atoms. The van der Waals surface area contributed by atoms with Gasteiger partial charge in [-0.3, -0.25) is 14.2 Å². The third-order valence-corrected chi connectivity index (χ3v) is 6.88. The first-order valence-electron chi connectivity index (χ1n) is 9.21. The molecule has 0 aliphatic carbocycles. The molecule has 1 unspecified atom stereocenters. The number of nitrogens with one attached hydrogen (secondary N) is 2. The summed E-state index contributed by atoms with van der Waals surface area (Å²) in [6.07, 6.45) is 0.361. The van der Waals surface area contributed by atoms with Gasteiger partial charge in [-0.05, 0) is 45.4 Å². The first kappa shape index (κ1) is 20.3. The highest BCUT2D eigenvalue weighted by Gasteiger charge is 2.35. The van der Waals surface area contributed by atoms with E-state index < -0.39 is 26.5 Å². The van der Waals surface area contributed by atoms with Crippen LogP contribution in [0.5, 0.6) is 0 Å². The lowest BCUT2D eigenvalue weighted by molar-refractivity contribution is 0.0793. The zero-order valence-corrected chi connectivity index (χ0v) is 16.9. The summed E-state index contributed by atoms with van der Waals surface area (Å²) in [5.41, 5.74) is -0.355. The second kappa shape index (κ2) is 7.51. The molecule has 3 rings (SSSR count). The van der Waals surface area contributed by atoms with Crippen molar-refractivity contribution in [1.82, 2.24) is 19.2 Å². The van der Waals surface area contributed by atoms with Gasteiger partial charge in [-0.25, -0.2) is 17.9 Å². The first-order chi connectivity index (χ1) is 13.1. The van der Waals surface area contributed by atoms with E-state index in [1.807, 2.05) is 0 Å². The van der Waals surface area contributed by atoms with Gasteiger partial charge in [0, 0.05) is 31.2 Å². The van der Waals surface area contributed by atoms with Gasteiger partial charge in [0.05, 0.1) is 16.2 Å². The fraction of sp³-hybridized carbons (Fsp3) is 0.500. The number of nitrogens with zero attached hydrogens (tertiary/aromatic N) is 2. The molecule has 2 aromatic rings. The predicted molar refractivity (Wildman–Crippen MR) is 106 cm³/mol. The van der Waals surface area contributed by atoms with Gasteiger partial charge >= 0.3 is 5.69 Å². The molecule has 28 heavy (non-hydrogen) atoms. The van der Waals surface area contributed by atoms with Crippen molar-refractivity contribution in [2.24, 2.45) is 0 Å². The predicted octanol–water partition coefficient (Wildman–Crippen LogP) is 0.252. The van der Waals surface area contributed by atoms with Crippen LogP contribution in [0.15, 0.2) is 27.8 Å². The summed E-state index contributed by atoms with van der Waals surface area (Å²) < 4.78 is 28.3. The fourth-order valence-corrected chi connectivity index (χ4v) is 5.09.